The summed E-state index contributed by atoms with van der Waals surface area (Å²) in [6.45, 7) is 1.90. The zero-order chi connectivity index (χ0) is 18.1. The van der Waals surface area contributed by atoms with Crippen LogP contribution in [0.5, 0.6) is 0 Å². The fraction of sp³-hybridized carbons (Fsp3) is 0.222. The Bertz CT molecular complexity index is 949. The number of anilines is 3. The molecule has 6 nitrogen and oxygen atoms in total. The molecular formula is C18H16ClN5OS. The maximum absolute atomic E-state index is 12.5. The number of carbonyl (C=O) groups is 1. The molecule has 1 aliphatic carbocycles. The third kappa shape index (κ3) is 3.68. The number of para-hydroxylation sites is 1. The first kappa shape index (κ1) is 16.9. The van der Waals surface area contributed by atoms with E-state index in [1.54, 1.807) is 12.4 Å². The van der Waals surface area contributed by atoms with Crippen molar-refractivity contribution in [2.24, 2.45) is 0 Å². The summed E-state index contributed by atoms with van der Waals surface area (Å²) in [6, 6.07) is 7.43. The van der Waals surface area contributed by atoms with Gasteiger partial charge in [0.2, 0.25) is 0 Å². The molecule has 1 aromatic carbocycles. The summed E-state index contributed by atoms with van der Waals surface area (Å²) < 4.78 is 0. The summed E-state index contributed by atoms with van der Waals surface area (Å²) >= 11 is 7.42. The number of benzene rings is 1. The Balaban J connectivity index is 1.47. The van der Waals surface area contributed by atoms with Gasteiger partial charge in [0, 0.05) is 17.7 Å². The maximum atomic E-state index is 12.5. The van der Waals surface area contributed by atoms with Crippen molar-refractivity contribution in [1.29, 1.82) is 0 Å². The van der Waals surface area contributed by atoms with E-state index in [1.165, 1.54) is 30.4 Å². The summed E-state index contributed by atoms with van der Waals surface area (Å²) in [5, 5.41) is 7.10. The van der Waals surface area contributed by atoms with Gasteiger partial charge in [0.1, 0.15) is 17.0 Å². The minimum Gasteiger partial charge on any atom is -0.320 e. The minimum absolute atomic E-state index is 0.242. The SMILES string of the molecule is Cc1cccc(Cl)c1NC(=O)c1cnc(Nc2cc(C3CC3)ncn2)s1. The van der Waals surface area contributed by atoms with E-state index in [9.17, 15) is 4.79 Å². The van der Waals surface area contributed by atoms with Crippen molar-refractivity contribution in [1.82, 2.24) is 15.0 Å². The standard InChI is InChI=1S/C18H16ClN5OS/c1-10-3-2-4-12(19)16(10)24-17(25)14-8-20-18(26-14)23-15-7-13(11-5-6-11)21-9-22-15/h2-4,7-9,11H,5-6H2,1H3,(H,24,25)(H,20,21,22,23). The number of halogens is 1. The first-order valence-corrected chi connectivity index (χ1v) is 9.41. The first-order chi connectivity index (χ1) is 12.6. The topological polar surface area (TPSA) is 79.8 Å². The molecule has 1 aliphatic rings. The Labute approximate surface area is 159 Å². The van der Waals surface area contributed by atoms with Crippen molar-refractivity contribution in [3.05, 3.63) is 57.9 Å². The largest absolute Gasteiger partial charge is 0.320 e. The Morgan fingerprint density at radius 2 is 2.12 bits per heavy atom. The van der Waals surface area contributed by atoms with Gasteiger partial charge in [0.15, 0.2) is 5.13 Å². The van der Waals surface area contributed by atoms with Crippen molar-refractivity contribution >= 4 is 45.5 Å². The highest BCUT2D eigenvalue weighted by molar-refractivity contribution is 7.17. The molecule has 26 heavy (non-hydrogen) atoms. The lowest BCUT2D eigenvalue weighted by Gasteiger charge is -2.08. The van der Waals surface area contributed by atoms with Crippen LogP contribution in [0, 0.1) is 6.92 Å². The number of aromatic nitrogens is 3. The number of nitrogens with one attached hydrogen (secondary N) is 2. The molecule has 0 bridgehead atoms. The van der Waals surface area contributed by atoms with Crippen molar-refractivity contribution < 1.29 is 4.79 Å². The second kappa shape index (κ2) is 7.01. The van der Waals surface area contributed by atoms with Gasteiger partial charge in [-0.1, -0.05) is 35.1 Å². The van der Waals surface area contributed by atoms with Crippen LogP contribution < -0.4 is 10.6 Å². The summed E-state index contributed by atoms with van der Waals surface area (Å²) in [6.07, 6.45) is 5.45. The van der Waals surface area contributed by atoms with Crippen LogP contribution in [0.1, 0.15) is 39.7 Å². The monoisotopic (exact) mass is 385 g/mol. The van der Waals surface area contributed by atoms with Crippen molar-refractivity contribution in [2.75, 3.05) is 10.6 Å². The molecule has 1 amide bonds. The van der Waals surface area contributed by atoms with Gasteiger partial charge in [-0.05, 0) is 31.4 Å². The molecule has 1 saturated carbocycles. The number of hydrogen-bond donors (Lipinski definition) is 2. The zero-order valence-corrected chi connectivity index (χ0v) is 15.6. The molecule has 132 valence electrons. The lowest BCUT2D eigenvalue weighted by atomic mass is 10.2. The predicted octanol–water partition coefficient (Wildman–Crippen LogP) is 4.77. The molecule has 0 saturated heterocycles. The smallest absolute Gasteiger partial charge is 0.267 e. The number of nitrogens with zero attached hydrogens (tertiary/aromatic N) is 3. The van der Waals surface area contributed by atoms with E-state index in [1.807, 2.05) is 25.1 Å². The van der Waals surface area contributed by atoms with Crippen LogP contribution in [-0.4, -0.2) is 20.9 Å². The lowest BCUT2D eigenvalue weighted by molar-refractivity contribution is 0.103. The molecule has 1 fully saturated rings. The molecule has 2 N–H and O–H groups in total. The van der Waals surface area contributed by atoms with Crippen molar-refractivity contribution in [2.45, 2.75) is 25.7 Å². The number of hydrogen-bond acceptors (Lipinski definition) is 6. The number of aryl methyl sites for hydroxylation is 1. The third-order valence-corrected chi connectivity index (χ3v) is 5.34. The Morgan fingerprint density at radius 3 is 2.88 bits per heavy atom. The van der Waals surface area contributed by atoms with Crippen LogP contribution in [0.4, 0.5) is 16.6 Å². The van der Waals surface area contributed by atoms with Crippen LogP contribution in [0.25, 0.3) is 0 Å². The summed E-state index contributed by atoms with van der Waals surface area (Å²) in [5.74, 6) is 0.994. The Hall–Kier alpha value is -2.51. The van der Waals surface area contributed by atoms with Gasteiger partial charge < -0.3 is 10.6 Å². The maximum Gasteiger partial charge on any atom is 0.267 e. The van der Waals surface area contributed by atoms with E-state index < -0.39 is 0 Å². The van der Waals surface area contributed by atoms with Crippen LogP contribution in [0.15, 0.2) is 36.8 Å². The van der Waals surface area contributed by atoms with E-state index in [-0.39, 0.29) is 5.91 Å². The molecular weight excluding hydrogens is 370 g/mol. The molecule has 8 heteroatoms. The van der Waals surface area contributed by atoms with Gasteiger partial charge in [0.05, 0.1) is 16.9 Å². The molecule has 0 unspecified atom stereocenters. The summed E-state index contributed by atoms with van der Waals surface area (Å²) in [5.41, 5.74) is 2.57. The fourth-order valence-electron chi connectivity index (χ4n) is 2.55. The number of carbonyl (C=O) groups excluding carboxylic acids is 1. The molecule has 2 heterocycles. The quantitative estimate of drug-likeness (QED) is 0.661. The van der Waals surface area contributed by atoms with E-state index in [0.29, 0.717) is 32.5 Å². The fourth-order valence-corrected chi connectivity index (χ4v) is 3.54. The van der Waals surface area contributed by atoms with E-state index in [4.69, 9.17) is 11.6 Å². The molecule has 0 atom stereocenters. The average Bonchev–Trinajstić information content (AvgIpc) is 3.38. The van der Waals surface area contributed by atoms with Gasteiger partial charge in [-0.2, -0.15) is 0 Å². The van der Waals surface area contributed by atoms with E-state index >= 15 is 0 Å². The molecule has 0 radical (unpaired) electrons. The number of thiazole rings is 1. The predicted molar refractivity (Wildman–Crippen MR) is 104 cm³/mol. The van der Waals surface area contributed by atoms with Gasteiger partial charge in [0.25, 0.3) is 5.91 Å². The number of rotatable bonds is 5. The van der Waals surface area contributed by atoms with Gasteiger partial charge >= 0.3 is 0 Å². The average molecular weight is 386 g/mol. The molecule has 0 spiro atoms. The highest BCUT2D eigenvalue weighted by atomic mass is 35.5. The molecule has 0 aliphatic heterocycles. The minimum atomic E-state index is -0.242. The van der Waals surface area contributed by atoms with Crippen LogP contribution in [0.2, 0.25) is 5.02 Å². The normalized spacial score (nSPS) is 13.5. The van der Waals surface area contributed by atoms with Gasteiger partial charge in [-0.15, -0.1) is 0 Å². The molecule has 2 aromatic heterocycles. The highest BCUT2D eigenvalue weighted by Gasteiger charge is 2.25. The van der Waals surface area contributed by atoms with E-state index in [0.717, 1.165) is 11.3 Å². The summed E-state index contributed by atoms with van der Waals surface area (Å²) in [4.78, 5) is 25.7. The van der Waals surface area contributed by atoms with Gasteiger partial charge in [-0.25, -0.2) is 15.0 Å². The van der Waals surface area contributed by atoms with Crippen LogP contribution in [0.3, 0.4) is 0 Å². The Kier molecular flexibility index (Phi) is 4.57. The molecule has 3 aromatic rings. The lowest BCUT2D eigenvalue weighted by Crippen LogP contribution is -2.11. The Morgan fingerprint density at radius 1 is 1.27 bits per heavy atom. The second-order valence-electron chi connectivity index (χ2n) is 6.14. The van der Waals surface area contributed by atoms with Crippen molar-refractivity contribution in [3.63, 3.8) is 0 Å². The van der Waals surface area contributed by atoms with E-state index in [2.05, 4.69) is 25.6 Å². The zero-order valence-electron chi connectivity index (χ0n) is 14.0. The second-order valence-corrected chi connectivity index (χ2v) is 7.58. The highest BCUT2D eigenvalue weighted by Crippen LogP contribution is 2.39. The number of amides is 1. The van der Waals surface area contributed by atoms with Crippen LogP contribution in [-0.2, 0) is 0 Å². The van der Waals surface area contributed by atoms with Crippen LogP contribution >= 0.6 is 22.9 Å². The van der Waals surface area contributed by atoms with Gasteiger partial charge in [-0.3, -0.25) is 4.79 Å². The van der Waals surface area contributed by atoms with Crippen molar-refractivity contribution in [3.8, 4) is 0 Å². The summed E-state index contributed by atoms with van der Waals surface area (Å²) in [7, 11) is 0. The first-order valence-electron chi connectivity index (χ1n) is 8.21. The third-order valence-electron chi connectivity index (χ3n) is 4.11. The molecule has 4 rings (SSSR count).